The molecule has 0 aliphatic rings. The van der Waals surface area contributed by atoms with E-state index in [-0.39, 0.29) is 17.3 Å². The Morgan fingerprint density at radius 1 is 1.40 bits per heavy atom. The molecule has 132 valence electrons. The van der Waals surface area contributed by atoms with Crippen LogP contribution >= 0.6 is 11.3 Å². The van der Waals surface area contributed by atoms with Crippen molar-refractivity contribution in [3.63, 3.8) is 0 Å². The van der Waals surface area contributed by atoms with Crippen LogP contribution in [0.4, 0.5) is 5.69 Å². The first-order chi connectivity index (χ1) is 11.8. The first-order valence-corrected chi connectivity index (χ1v) is 8.40. The van der Waals surface area contributed by atoms with Crippen molar-refractivity contribution in [2.45, 2.75) is 26.3 Å². The number of carboxylic acids is 1. The lowest BCUT2D eigenvalue weighted by molar-refractivity contribution is -0.384. The highest BCUT2D eigenvalue weighted by Gasteiger charge is 2.23. The third-order valence-electron chi connectivity index (χ3n) is 3.35. The van der Waals surface area contributed by atoms with Crippen molar-refractivity contribution in [1.82, 2.24) is 10.3 Å². The number of carbonyl (C=O) groups is 2. The van der Waals surface area contributed by atoms with Gasteiger partial charge in [-0.05, 0) is 12.3 Å². The number of nitrogens with zero attached hydrogens (tertiary/aromatic N) is 2. The number of thiazole rings is 1. The van der Waals surface area contributed by atoms with Gasteiger partial charge in [-0.2, -0.15) is 0 Å². The monoisotopic (exact) mass is 363 g/mol. The number of carbonyl (C=O) groups excluding carboxylic acids is 1. The smallest absolute Gasteiger partial charge is 0.326 e. The molecule has 8 nitrogen and oxygen atoms in total. The molecular formula is C16H17N3O5S. The van der Waals surface area contributed by atoms with Crippen molar-refractivity contribution in [3.05, 3.63) is 45.5 Å². The van der Waals surface area contributed by atoms with Gasteiger partial charge in [-0.3, -0.25) is 14.9 Å². The van der Waals surface area contributed by atoms with Crippen molar-refractivity contribution < 1.29 is 19.6 Å². The average Bonchev–Trinajstić information content (AvgIpc) is 3.04. The molecule has 0 radical (unpaired) electrons. The Bertz CT molecular complexity index is 803. The molecule has 2 rings (SSSR count). The van der Waals surface area contributed by atoms with Crippen LogP contribution in [-0.4, -0.2) is 32.9 Å². The van der Waals surface area contributed by atoms with E-state index < -0.39 is 22.8 Å². The van der Waals surface area contributed by atoms with E-state index in [9.17, 15) is 24.8 Å². The van der Waals surface area contributed by atoms with E-state index in [1.165, 1.54) is 23.6 Å². The molecule has 0 spiro atoms. The van der Waals surface area contributed by atoms with Crippen LogP contribution in [0.1, 0.15) is 30.8 Å². The van der Waals surface area contributed by atoms with Crippen LogP contribution in [0.3, 0.4) is 0 Å². The van der Waals surface area contributed by atoms with E-state index in [1.54, 1.807) is 6.07 Å². The fraction of sp³-hybridized carbons (Fsp3) is 0.312. The van der Waals surface area contributed by atoms with E-state index in [2.05, 4.69) is 10.3 Å². The minimum atomic E-state index is -1.10. The van der Waals surface area contributed by atoms with Gasteiger partial charge in [-0.25, -0.2) is 9.78 Å². The molecule has 0 aliphatic carbocycles. The highest BCUT2D eigenvalue weighted by molar-refractivity contribution is 7.13. The fourth-order valence-electron chi connectivity index (χ4n) is 2.19. The number of aromatic nitrogens is 1. The molecule has 0 saturated heterocycles. The van der Waals surface area contributed by atoms with Gasteiger partial charge in [-0.15, -0.1) is 11.3 Å². The number of hydrogen-bond acceptors (Lipinski definition) is 6. The minimum Gasteiger partial charge on any atom is -0.480 e. The van der Waals surface area contributed by atoms with Crippen molar-refractivity contribution in [1.29, 1.82) is 0 Å². The van der Waals surface area contributed by atoms with Gasteiger partial charge in [0.2, 0.25) is 0 Å². The van der Waals surface area contributed by atoms with Crippen LogP contribution in [-0.2, 0) is 4.79 Å². The highest BCUT2D eigenvalue weighted by atomic mass is 32.1. The Hall–Kier alpha value is -2.81. The molecule has 2 aromatic rings. The lowest BCUT2D eigenvalue weighted by Gasteiger charge is -2.15. The van der Waals surface area contributed by atoms with Gasteiger partial charge in [0.1, 0.15) is 16.7 Å². The van der Waals surface area contributed by atoms with Gasteiger partial charge in [0.05, 0.1) is 4.92 Å². The zero-order valence-corrected chi connectivity index (χ0v) is 14.4. The molecule has 1 amide bonds. The summed E-state index contributed by atoms with van der Waals surface area (Å²) in [6, 6.07) is 4.95. The van der Waals surface area contributed by atoms with Crippen molar-refractivity contribution in [2.24, 2.45) is 5.92 Å². The molecule has 1 heterocycles. The Morgan fingerprint density at radius 2 is 2.12 bits per heavy atom. The predicted molar refractivity (Wildman–Crippen MR) is 92.5 cm³/mol. The summed E-state index contributed by atoms with van der Waals surface area (Å²) in [5.41, 5.74) is 0.540. The number of amides is 1. The first-order valence-electron chi connectivity index (χ1n) is 7.52. The third kappa shape index (κ3) is 4.83. The van der Waals surface area contributed by atoms with E-state index in [0.29, 0.717) is 17.0 Å². The van der Waals surface area contributed by atoms with Crippen molar-refractivity contribution in [2.75, 3.05) is 0 Å². The maximum Gasteiger partial charge on any atom is 0.326 e. The molecule has 25 heavy (non-hydrogen) atoms. The van der Waals surface area contributed by atoms with Crippen LogP contribution in [0.25, 0.3) is 10.6 Å². The quantitative estimate of drug-likeness (QED) is 0.576. The van der Waals surface area contributed by atoms with Gasteiger partial charge >= 0.3 is 5.97 Å². The summed E-state index contributed by atoms with van der Waals surface area (Å²) in [7, 11) is 0. The number of nitro groups is 1. The summed E-state index contributed by atoms with van der Waals surface area (Å²) < 4.78 is 0. The summed E-state index contributed by atoms with van der Waals surface area (Å²) >= 11 is 1.16. The fourth-order valence-corrected chi connectivity index (χ4v) is 2.99. The molecule has 0 bridgehead atoms. The molecule has 1 atom stereocenters. The normalized spacial score (nSPS) is 12.0. The number of nitro benzene ring substituents is 1. The van der Waals surface area contributed by atoms with Crippen LogP contribution in [0, 0.1) is 16.0 Å². The van der Waals surface area contributed by atoms with Crippen LogP contribution in [0.5, 0.6) is 0 Å². The molecule has 1 aromatic carbocycles. The van der Waals surface area contributed by atoms with Gasteiger partial charge in [-0.1, -0.05) is 26.0 Å². The number of nitrogens with one attached hydrogen (secondary N) is 1. The predicted octanol–water partition coefficient (Wildman–Crippen LogP) is 2.95. The molecule has 0 aliphatic heterocycles. The summed E-state index contributed by atoms with van der Waals surface area (Å²) in [6.07, 6.45) is 0.308. The van der Waals surface area contributed by atoms with Gasteiger partial charge in [0.25, 0.3) is 11.6 Å². The number of carboxylic acid groups (broad SMARTS) is 1. The number of benzene rings is 1. The Labute approximate surface area is 147 Å². The number of non-ortho nitro benzene ring substituents is 1. The van der Waals surface area contributed by atoms with Crippen molar-refractivity contribution >= 4 is 28.9 Å². The second kappa shape index (κ2) is 7.84. The van der Waals surface area contributed by atoms with E-state index in [1.807, 2.05) is 13.8 Å². The lowest BCUT2D eigenvalue weighted by atomic mass is 10.0. The maximum atomic E-state index is 12.2. The molecular weight excluding hydrogens is 346 g/mol. The van der Waals surface area contributed by atoms with Gasteiger partial charge in [0.15, 0.2) is 0 Å². The van der Waals surface area contributed by atoms with Gasteiger partial charge in [0, 0.05) is 23.1 Å². The maximum absolute atomic E-state index is 12.2. The lowest BCUT2D eigenvalue weighted by Crippen LogP contribution is -2.41. The Kier molecular flexibility index (Phi) is 5.81. The summed E-state index contributed by atoms with van der Waals surface area (Å²) in [5, 5.41) is 24.4. The van der Waals surface area contributed by atoms with E-state index in [4.69, 9.17) is 0 Å². The van der Waals surface area contributed by atoms with Crippen LogP contribution in [0.2, 0.25) is 0 Å². The molecule has 9 heteroatoms. The summed E-state index contributed by atoms with van der Waals surface area (Å²) in [4.78, 5) is 38.0. The van der Waals surface area contributed by atoms with E-state index >= 15 is 0 Å². The molecule has 0 fully saturated rings. The zero-order chi connectivity index (χ0) is 18.6. The van der Waals surface area contributed by atoms with Crippen LogP contribution < -0.4 is 5.32 Å². The average molecular weight is 363 g/mol. The van der Waals surface area contributed by atoms with Crippen molar-refractivity contribution in [3.8, 4) is 10.6 Å². The van der Waals surface area contributed by atoms with E-state index in [0.717, 1.165) is 11.3 Å². The molecule has 0 saturated carbocycles. The highest BCUT2D eigenvalue weighted by Crippen LogP contribution is 2.26. The molecule has 2 N–H and O–H groups in total. The second-order valence-corrected chi connectivity index (χ2v) is 6.70. The Morgan fingerprint density at radius 3 is 2.72 bits per heavy atom. The molecule has 0 unspecified atom stereocenters. The number of aliphatic carboxylic acids is 1. The number of rotatable bonds is 7. The molecule has 1 aromatic heterocycles. The summed E-state index contributed by atoms with van der Waals surface area (Å²) in [5.74, 6) is -1.57. The third-order valence-corrected chi connectivity index (χ3v) is 4.24. The summed E-state index contributed by atoms with van der Waals surface area (Å²) in [6.45, 7) is 3.73. The topological polar surface area (TPSA) is 122 Å². The zero-order valence-electron chi connectivity index (χ0n) is 13.6. The SMILES string of the molecule is CC(C)C[C@H](NC(=O)c1csc(-c2cccc([N+](=O)[O-])c2)n1)C(=O)O. The Balaban J connectivity index is 2.17. The largest absolute Gasteiger partial charge is 0.480 e. The van der Waals surface area contributed by atoms with Gasteiger partial charge < -0.3 is 10.4 Å². The van der Waals surface area contributed by atoms with Crippen LogP contribution in [0.15, 0.2) is 29.6 Å². The minimum absolute atomic E-state index is 0.0680. The standard InChI is InChI=1S/C16H17N3O5S/c1-9(2)6-12(16(21)22)17-14(20)13-8-25-15(18-13)10-4-3-5-11(7-10)19(23)24/h3-5,7-9,12H,6H2,1-2H3,(H,17,20)(H,21,22)/t12-/m0/s1. The number of hydrogen-bond donors (Lipinski definition) is 2. The second-order valence-electron chi connectivity index (χ2n) is 5.84. The first kappa shape index (κ1) is 18.5.